The Hall–Kier alpha value is -0.100. The van der Waals surface area contributed by atoms with E-state index in [1.807, 2.05) is 10.9 Å². The fourth-order valence-corrected chi connectivity index (χ4v) is 1.72. The molecule has 0 aliphatic heterocycles. The van der Waals surface area contributed by atoms with Crippen LogP contribution in [0.25, 0.3) is 0 Å². The highest BCUT2D eigenvalue weighted by Crippen LogP contribution is 2.18. The van der Waals surface area contributed by atoms with E-state index >= 15 is 0 Å². The van der Waals surface area contributed by atoms with Crippen LogP contribution in [0.2, 0.25) is 0 Å². The molecule has 1 heterocycles. The molecule has 0 radical (unpaired) electrons. The molecule has 0 amide bonds. The first kappa shape index (κ1) is 11.0. The van der Waals surface area contributed by atoms with Gasteiger partial charge in [-0.1, -0.05) is 6.92 Å². The molecule has 1 atom stereocenters. The maximum atomic E-state index is 5.14. The highest BCUT2D eigenvalue weighted by atomic mass is 127. The Morgan fingerprint density at radius 2 is 2.38 bits per heavy atom. The highest BCUT2D eigenvalue weighted by molar-refractivity contribution is 14.1. The number of rotatable bonds is 4. The first-order valence-corrected chi connectivity index (χ1v) is 5.49. The molecule has 0 saturated carbocycles. The molecule has 0 N–H and O–H groups in total. The van der Waals surface area contributed by atoms with Gasteiger partial charge in [-0.3, -0.25) is 4.68 Å². The van der Waals surface area contributed by atoms with E-state index < -0.39 is 0 Å². The molecule has 0 aromatic carbocycles. The molecule has 1 aromatic heterocycles. The third-order valence-electron chi connectivity index (χ3n) is 2.14. The zero-order chi connectivity index (χ0) is 9.84. The van der Waals surface area contributed by atoms with Gasteiger partial charge in [0.2, 0.25) is 0 Å². The molecule has 1 aromatic rings. The minimum absolute atomic E-state index is 0.452. The number of hydrogen-bond donors (Lipinski definition) is 0. The van der Waals surface area contributed by atoms with Gasteiger partial charge in [0.1, 0.15) is 0 Å². The van der Waals surface area contributed by atoms with E-state index in [1.54, 1.807) is 7.11 Å². The Balaban J connectivity index is 2.92. The van der Waals surface area contributed by atoms with Crippen molar-refractivity contribution in [3.63, 3.8) is 0 Å². The van der Waals surface area contributed by atoms with Crippen molar-refractivity contribution in [1.82, 2.24) is 9.78 Å². The number of ether oxygens (including phenoxy) is 1. The van der Waals surface area contributed by atoms with E-state index in [-0.39, 0.29) is 0 Å². The first-order valence-electron chi connectivity index (χ1n) is 4.41. The summed E-state index contributed by atoms with van der Waals surface area (Å²) in [7, 11) is 1.71. The van der Waals surface area contributed by atoms with Gasteiger partial charge in [0.05, 0.1) is 22.1 Å². The monoisotopic (exact) mass is 294 g/mol. The van der Waals surface area contributed by atoms with E-state index in [0.717, 1.165) is 6.42 Å². The molecule has 74 valence electrons. The molecule has 1 rings (SSSR count). The third kappa shape index (κ3) is 2.43. The summed E-state index contributed by atoms with van der Waals surface area (Å²) in [5.41, 5.74) is 1.18. The van der Waals surface area contributed by atoms with Gasteiger partial charge in [-0.15, -0.1) is 0 Å². The van der Waals surface area contributed by atoms with E-state index in [9.17, 15) is 0 Å². The third-order valence-corrected chi connectivity index (χ3v) is 3.04. The summed E-state index contributed by atoms with van der Waals surface area (Å²) in [5, 5.41) is 4.33. The van der Waals surface area contributed by atoms with Gasteiger partial charge in [0.15, 0.2) is 0 Å². The van der Waals surface area contributed by atoms with Gasteiger partial charge in [-0.05, 0) is 35.9 Å². The van der Waals surface area contributed by atoms with Crippen molar-refractivity contribution in [2.45, 2.75) is 32.9 Å². The Labute approximate surface area is 92.6 Å². The van der Waals surface area contributed by atoms with Gasteiger partial charge in [0, 0.05) is 13.2 Å². The highest BCUT2D eigenvalue weighted by Gasteiger charge is 2.11. The number of halogens is 1. The molecular formula is C9H15IN2O. The van der Waals surface area contributed by atoms with Crippen LogP contribution in [0, 0.1) is 3.57 Å². The molecule has 0 fully saturated rings. The number of aromatic nitrogens is 2. The van der Waals surface area contributed by atoms with Crippen molar-refractivity contribution in [1.29, 1.82) is 0 Å². The predicted molar refractivity (Wildman–Crippen MR) is 60.7 cm³/mol. The lowest BCUT2D eigenvalue weighted by molar-refractivity contribution is 0.173. The normalized spacial score (nSPS) is 13.2. The van der Waals surface area contributed by atoms with Crippen molar-refractivity contribution in [2.24, 2.45) is 0 Å². The number of hydrogen-bond acceptors (Lipinski definition) is 2. The first-order chi connectivity index (χ1) is 6.20. The summed E-state index contributed by atoms with van der Waals surface area (Å²) in [4.78, 5) is 0. The molecule has 0 spiro atoms. The molecule has 0 aliphatic carbocycles. The standard InChI is InChI=1S/C9H15IN2O/c1-4-7(2)12-9(6-13-3)8(10)5-11-12/h5,7H,4,6H2,1-3H3/t7-/m1/s1. The SMILES string of the molecule is CC[C@@H](C)n1ncc(I)c1COC. The van der Waals surface area contributed by atoms with Crippen molar-refractivity contribution >= 4 is 22.6 Å². The van der Waals surface area contributed by atoms with Gasteiger partial charge < -0.3 is 4.74 Å². The maximum Gasteiger partial charge on any atom is 0.0891 e. The Morgan fingerprint density at radius 1 is 1.69 bits per heavy atom. The summed E-state index contributed by atoms with van der Waals surface area (Å²) >= 11 is 2.29. The van der Waals surface area contributed by atoms with E-state index in [4.69, 9.17) is 4.74 Å². The second kappa shape index (κ2) is 4.95. The molecule has 0 aliphatic rings. The molecule has 13 heavy (non-hydrogen) atoms. The minimum Gasteiger partial charge on any atom is -0.378 e. The molecule has 0 saturated heterocycles. The molecule has 4 heteroatoms. The predicted octanol–water partition coefficient (Wildman–Crippen LogP) is 2.61. The van der Waals surface area contributed by atoms with Crippen LogP contribution in [0.1, 0.15) is 32.0 Å². The van der Waals surface area contributed by atoms with Crippen molar-refractivity contribution in [2.75, 3.05) is 7.11 Å². The molecule has 0 bridgehead atoms. The molecule has 3 nitrogen and oxygen atoms in total. The Morgan fingerprint density at radius 3 is 2.92 bits per heavy atom. The Kier molecular flexibility index (Phi) is 4.18. The molecule has 0 unspecified atom stereocenters. The number of methoxy groups -OCH3 is 1. The minimum atomic E-state index is 0.452. The summed E-state index contributed by atoms with van der Waals surface area (Å²) in [6.45, 7) is 4.97. The molecular weight excluding hydrogens is 279 g/mol. The largest absolute Gasteiger partial charge is 0.378 e. The van der Waals surface area contributed by atoms with Crippen LogP contribution >= 0.6 is 22.6 Å². The Bertz CT molecular complexity index is 273. The van der Waals surface area contributed by atoms with Crippen molar-refractivity contribution in [3.8, 4) is 0 Å². The van der Waals surface area contributed by atoms with Crippen molar-refractivity contribution < 1.29 is 4.74 Å². The maximum absolute atomic E-state index is 5.14. The van der Waals surface area contributed by atoms with E-state index in [0.29, 0.717) is 12.6 Å². The lowest BCUT2D eigenvalue weighted by Gasteiger charge is -2.13. The number of nitrogens with zero attached hydrogens (tertiary/aromatic N) is 2. The van der Waals surface area contributed by atoms with Gasteiger partial charge in [0.25, 0.3) is 0 Å². The second-order valence-electron chi connectivity index (χ2n) is 3.07. The van der Waals surface area contributed by atoms with Crippen LogP contribution in [-0.2, 0) is 11.3 Å². The quantitative estimate of drug-likeness (QED) is 0.798. The summed E-state index contributed by atoms with van der Waals surface area (Å²) in [6.07, 6.45) is 2.98. The van der Waals surface area contributed by atoms with Gasteiger partial charge >= 0.3 is 0 Å². The average Bonchev–Trinajstić information content (AvgIpc) is 2.48. The fourth-order valence-electron chi connectivity index (χ4n) is 1.19. The van der Waals surface area contributed by atoms with Gasteiger partial charge in [-0.25, -0.2) is 0 Å². The van der Waals surface area contributed by atoms with E-state index in [2.05, 4.69) is 41.5 Å². The second-order valence-corrected chi connectivity index (χ2v) is 4.24. The van der Waals surface area contributed by atoms with Crippen molar-refractivity contribution in [3.05, 3.63) is 15.5 Å². The lowest BCUT2D eigenvalue weighted by Crippen LogP contribution is -2.10. The van der Waals surface area contributed by atoms with Crippen LogP contribution in [0.15, 0.2) is 6.20 Å². The van der Waals surface area contributed by atoms with E-state index in [1.165, 1.54) is 9.26 Å². The van der Waals surface area contributed by atoms with Crippen LogP contribution in [0.5, 0.6) is 0 Å². The smallest absolute Gasteiger partial charge is 0.0891 e. The van der Waals surface area contributed by atoms with Gasteiger partial charge in [-0.2, -0.15) is 5.10 Å². The van der Waals surface area contributed by atoms with Crippen LogP contribution in [-0.4, -0.2) is 16.9 Å². The average molecular weight is 294 g/mol. The van der Waals surface area contributed by atoms with Crippen LogP contribution in [0.4, 0.5) is 0 Å². The summed E-state index contributed by atoms with van der Waals surface area (Å²) in [6, 6.07) is 0.452. The van der Waals surface area contributed by atoms with Crippen LogP contribution < -0.4 is 0 Å². The summed E-state index contributed by atoms with van der Waals surface area (Å²) < 4.78 is 8.36. The fraction of sp³-hybridized carbons (Fsp3) is 0.667. The zero-order valence-corrected chi connectivity index (χ0v) is 10.4. The zero-order valence-electron chi connectivity index (χ0n) is 8.25. The lowest BCUT2D eigenvalue weighted by atomic mass is 10.2. The van der Waals surface area contributed by atoms with Crippen LogP contribution in [0.3, 0.4) is 0 Å². The topological polar surface area (TPSA) is 27.1 Å². The summed E-state index contributed by atoms with van der Waals surface area (Å²) in [5.74, 6) is 0.